The zero-order valence-corrected chi connectivity index (χ0v) is 13.0. The summed E-state index contributed by atoms with van der Waals surface area (Å²) in [6.45, 7) is 5.72. The molecule has 112 valence electrons. The van der Waals surface area contributed by atoms with Crippen molar-refractivity contribution in [2.24, 2.45) is 0 Å². The fourth-order valence-electron chi connectivity index (χ4n) is 2.44. The van der Waals surface area contributed by atoms with Crippen LogP contribution in [-0.2, 0) is 17.4 Å². The molecule has 5 heteroatoms. The molecule has 0 bridgehead atoms. The van der Waals surface area contributed by atoms with Crippen molar-refractivity contribution in [1.29, 1.82) is 0 Å². The molecule has 0 saturated heterocycles. The van der Waals surface area contributed by atoms with Crippen molar-refractivity contribution in [3.63, 3.8) is 0 Å². The zero-order valence-electron chi connectivity index (χ0n) is 12.2. The molecule has 0 fully saturated rings. The molecule has 0 heterocycles. The lowest BCUT2D eigenvalue weighted by Crippen LogP contribution is -2.35. The topological polar surface area (TPSA) is 49.3 Å². The molecule has 1 aromatic carbocycles. The minimum absolute atomic E-state index is 0.123. The largest absolute Gasteiger partial charge is 0.505 e. The van der Waals surface area contributed by atoms with E-state index in [4.69, 9.17) is 0 Å². The number of nitrogens with one attached hydrogen (secondary N) is 1. The number of phenols is 1. The molecule has 0 unspecified atom stereocenters. The third-order valence-corrected chi connectivity index (χ3v) is 5.22. The van der Waals surface area contributed by atoms with Crippen LogP contribution in [0.15, 0.2) is 12.1 Å². The molecule has 1 aromatic rings. The third kappa shape index (κ3) is 3.20. The zero-order chi connectivity index (χ0) is 14.9. The van der Waals surface area contributed by atoms with Gasteiger partial charge in [0, 0.05) is 6.04 Å². The number of fused-ring (bicyclic) bond motifs is 1. The lowest BCUT2D eigenvalue weighted by atomic mass is 9.99. The Labute approximate surface area is 122 Å². The number of halogens is 1. The average Bonchev–Trinajstić information content (AvgIpc) is 2.56. The lowest BCUT2D eigenvalue weighted by Gasteiger charge is -2.25. The van der Waals surface area contributed by atoms with Crippen LogP contribution in [-0.4, -0.2) is 14.1 Å². The summed E-state index contributed by atoms with van der Waals surface area (Å²) in [5.41, 5.74) is 1.39. The maximum absolute atomic E-state index is 14.1. The van der Waals surface area contributed by atoms with Crippen molar-refractivity contribution in [2.75, 3.05) is 0 Å². The second-order valence-electron chi connectivity index (χ2n) is 6.26. The number of rotatable bonds is 2. The molecule has 2 N–H and O–H groups in total. The van der Waals surface area contributed by atoms with Crippen molar-refractivity contribution in [1.82, 2.24) is 4.72 Å². The smallest absolute Gasteiger partial charge is 0.168 e. The van der Waals surface area contributed by atoms with Crippen molar-refractivity contribution >= 4 is 11.0 Å². The van der Waals surface area contributed by atoms with Crippen LogP contribution in [0.1, 0.15) is 57.2 Å². The Morgan fingerprint density at radius 1 is 1.35 bits per heavy atom. The summed E-state index contributed by atoms with van der Waals surface area (Å²) in [5.74, 6) is -0.834. The normalized spacial score (nSPS) is 21.1. The van der Waals surface area contributed by atoms with Gasteiger partial charge in [-0.1, -0.05) is 12.5 Å². The summed E-state index contributed by atoms with van der Waals surface area (Å²) >= 11 is 0. The number of phenolic OH excluding ortho intramolecular Hbond substituents is 1. The molecule has 0 aliphatic heterocycles. The van der Waals surface area contributed by atoms with E-state index in [1.165, 1.54) is 6.07 Å². The molecular weight excluding hydrogens is 277 g/mol. The van der Waals surface area contributed by atoms with E-state index < -0.39 is 16.8 Å². The van der Waals surface area contributed by atoms with Crippen molar-refractivity contribution in [3.8, 4) is 5.75 Å². The summed E-state index contributed by atoms with van der Waals surface area (Å²) in [6.07, 6.45) is 3.29. The Morgan fingerprint density at radius 2 is 2.05 bits per heavy atom. The molecule has 2 rings (SSSR count). The molecular formula is C15H22FNO2S. The Hall–Kier alpha value is -0.940. The van der Waals surface area contributed by atoms with Crippen LogP contribution >= 0.6 is 0 Å². The van der Waals surface area contributed by atoms with Crippen molar-refractivity contribution < 1.29 is 13.7 Å². The lowest BCUT2D eigenvalue weighted by molar-refractivity contribution is 0.427. The second-order valence-corrected chi connectivity index (χ2v) is 8.26. The Kier molecular flexibility index (Phi) is 4.49. The molecule has 20 heavy (non-hydrogen) atoms. The fraction of sp³-hybridized carbons (Fsp3) is 0.600. The minimum atomic E-state index is -1.20. The van der Waals surface area contributed by atoms with Gasteiger partial charge in [0.2, 0.25) is 0 Å². The predicted molar refractivity (Wildman–Crippen MR) is 79.4 cm³/mol. The van der Waals surface area contributed by atoms with Crippen LogP contribution in [0.4, 0.5) is 4.39 Å². The van der Waals surface area contributed by atoms with Crippen LogP contribution < -0.4 is 4.72 Å². The van der Waals surface area contributed by atoms with Gasteiger partial charge in [-0.25, -0.2) is 13.3 Å². The van der Waals surface area contributed by atoms with Crippen molar-refractivity contribution in [3.05, 3.63) is 29.1 Å². The van der Waals surface area contributed by atoms with Crippen molar-refractivity contribution in [2.45, 2.75) is 57.2 Å². The molecule has 0 amide bonds. The van der Waals surface area contributed by atoms with Gasteiger partial charge in [0.15, 0.2) is 11.6 Å². The van der Waals surface area contributed by atoms with E-state index in [2.05, 4.69) is 4.72 Å². The molecule has 0 radical (unpaired) electrons. The highest BCUT2D eigenvalue weighted by atomic mass is 32.2. The molecule has 3 nitrogen and oxygen atoms in total. The van der Waals surface area contributed by atoms with Gasteiger partial charge in [0.25, 0.3) is 0 Å². The van der Waals surface area contributed by atoms with Gasteiger partial charge in [0.05, 0.1) is 15.7 Å². The molecule has 0 spiro atoms. The number of hydrogen-bond donors (Lipinski definition) is 2. The van der Waals surface area contributed by atoms with Gasteiger partial charge in [-0.2, -0.15) is 0 Å². The second kappa shape index (κ2) is 5.82. The van der Waals surface area contributed by atoms with E-state index in [0.717, 1.165) is 24.8 Å². The van der Waals surface area contributed by atoms with Gasteiger partial charge < -0.3 is 5.11 Å². The van der Waals surface area contributed by atoms with Gasteiger partial charge in [0.1, 0.15) is 0 Å². The van der Waals surface area contributed by atoms with E-state index >= 15 is 0 Å². The molecule has 0 saturated carbocycles. The number of hydrogen-bond acceptors (Lipinski definition) is 2. The third-order valence-electron chi connectivity index (χ3n) is 3.61. The van der Waals surface area contributed by atoms with Crippen LogP contribution in [0.3, 0.4) is 0 Å². The predicted octanol–water partition coefficient (Wildman–Crippen LogP) is 3.35. The van der Waals surface area contributed by atoms with E-state index in [9.17, 15) is 13.7 Å². The maximum atomic E-state index is 14.1. The molecule has 0 aromatic heterocycles. The van der Waals surface area contributed by atoms with Gasteiger partial charge >= 0.3 is 0 Å². The Bertz CT molecular complexity index is 525. The summed E-state index contributed by atoms with van der Waals surface area (Å²) in [5, 5.41) is 9.51. The molecule has 2 atom stereocenters. The first-order chi connectivity index (χ1) is 9.30. The van der Waals surface area contributed by atoms with Gasteiger partial charge in [-0.15, -0.1) is 0 Å². The monoisotopic (exact) mass is 299 g/mol. The number of aromatic hydroxyl groups is 1. The highest BCUT2D eigenvalue weighted by Crippen LogP contribution is 2.34. The first-order valence-corrected chi connectivity index (χ1v) is 8.14. The minimum Gasteiger partial charge on any atom is -0.505 e. The maximum Gasteiger partial charge on any atom is 0.168 e. The molecule has 1 aliphatic rings. The Morgan fingerprint density at radius 3 is 2.70 bits per heavy atom. The Balaban J connectivity index is 2.33. The summed E-state index contributed by atoms with van der Waals surface area (Å²) in [6, 6.07) is 3.01. The highest BCUT2D eigenvalue weighted by molar-refractivity contribution is 7.84. The van der Waals surface area contributed by atoms with E-state index in [0.29, 0.717) is 12.0 Å². The summed E-state index contributed by atoms with van der Waals surface area (Å²) < 4.78 is 29.1. The average molecular weight is 299 g/mol. The van der Waals surface area contributed by atoms with Gasteiger partial charge in [-0.3, -0.25) is 0 Å². The quantitative estimate of drug-likeness (QED) is 0.823. The summed E-state index contributed by atoms with van der Waals surface area (Å²) in [4.78, 5) is 0. The van der Waals surface area contributed by atoms with Crippen LogP contribution in [0.25, 0.3) is 0 Å². The van der Waals surface area contributed by atoms with E-state index in [1.807, 2.05) is 20.8 Å². The van der Waals surface area contributed by atoms with Crippen LogP contribution in [0, 0.1) is 5.82 Å². The first-order valence-electron chi connectivity index (χ1n) is 6.99. The summed E-state index contributed by atoms with van der Waals surface area (Å²) in [7, 11) is -1.20. The van der Waals surface area contributed by atoms with E-state index in [-0.39, 0.29) is 16.5 Å². The standard InChI is InChI=1S/C15H22FNO2S/c1-15(2,3)20(19)17-12-7-5-4-6-11-10(12)8-9-13(18)14(11)16/h8-9,12,17-18H,4-7H2,1-3H3/t12-,20+/m1/s1. The first kappa shape index (κ1) is 15.4. The molecule has 1 aliphatic carbocycles. The van der Waals surface area contributed by atoms with Gasteiger partial charge in [-0.05, 0) is 57.2 Å². The number of benzene rings is 1. The van der Waals surface area contributed by atoms with Crippen LogP contribution in [0.2, 0.25) is 0 Å². The van der Waals surface area contributed by atoms with E-state index in [1.54, 1.807) is 6.07 Å². The highest BCUT2D eigenvalue weighted by Gasteiger charge is 2.27. The fourth-order valence-corrected chi connectivity index (χ4v) is 3.30. The SMILES string of the molecule is CC(C)(C)[S@](=O)N[C@@H]1CCCCc2c1ccc(O)c2F. The van der Waals surface area contributed by atoms with Crippen LogP contribution in [0.5, 0.6) is 5.75 Å².